The summed E-state index contributed by atoms with van der Waals surface area (Å²) in [7, 11) is 1.55. The number of nitrogens with two attached hydrogens (primary N) is 1. The summed E-state index contributed by atoms with van der Waals surface area (Å²) in [4.78, 5) is 36.3. The van der Waals surface area contributed by atoms with Crippen LogP contribution in [0, 0.1) is 6.92 Å². The van der Waals surface area contributed by atoms with Crippen molar-refractivity contribution < 1.29 is 32.2 Å². The average molecular weight is 680 g/mol. The minimum atomic E-state index is -4.53. The Morgan fingerprint density at radius 1 is 1.04 bits per heavy atom. The van der Waals surface area contributed by atoms with E-state index in [2.05, 4.69) is 35.7 Å². The van der Waals surface area contributed by atoms with Gasteiger partial charge in [0.05, 0.1) is 29.9 Å². The average Bonchev–Trinajstić information content (AvgIpc) is 3.05. The van der Waals surface area contributed by atoms with Gasteiger partial charge in [-0.3, -0.25) is 19.9 Å². The molecule has 16 heteroatoms. The molecule has 6 rings (SSSR count). The summed E-state index contributed by atoms with van der Waals surface area (Å²) in [5.41, 5.74) is 6.72. The SMILES string of the molecule is COc1cc2nc(C)nc(N[C@H](C)c3cc(N)cc(C(F)(F)F)c3)c2cc1OC1CCN(Cc2ccc(N3CCC(=O)NC3=O)nn2)CC1. The Kier molecular flexibility index (Phi) is 9.41. The number of hydrogen-bond acceptors (Lipinski definition) is 11. The quantitative estimate of drug-likeness (QED) is 0.204. The van der Waals surface area contributed by atoms with Crippen LogP contribution in [0.15, 0.2) is 42.5 Å². The van der Waals surface area contributed by atoms with Gasteiger partial charge in [0.25, 0.3) is 0 Å². The van der Waals surface area contributed by atoms with Gasteiger partial charge in [-0.1, -0.05) is 0 Å². The molecule has 2 aliphatic heterocycles. The number of fused-ring (bicyclic) bond motifs is 1. The van der Waals surface area contributed by atoms with E-state index in [-0.39, 0.29) is 30.7 Å². The van der Waals surface area contributed by atoms with Crippen LogP contribution in [0.4, 0.5) is 35.3 Å². The van der Waals surface area contributed by atoms with Crippen molar-refractivity contribution >= 4 is 40.2 Å². The topological polar surface area (TPSA) is 161 Å². The predicted octanol–water partition coefficient (Wildman–Crippen LogP) is 5.00. The number of methoxy groups -OCH3 is 1. The first-order valence-electron chi connectivity index (χ1n) is 15.8. The first kappa shape index (κ1) is 33.6. The number of aromatic nitrogens is 4. The summed E-state index contributed by atoms with van der Waals surface area (Å²) in [5.74, 6) is 2.00. The Balaban J connectivity index is 1.13. The van der Waals surface area contributed by atoms with Gasteiger partial charge in [0.2, 0.25) is 5.91 Å². The number of halogens is 3. The third-order valence-corrected chi connectivity index (χ3v) is 8.50. The number of ether oxygens (including phenoxy) is 2. The smallest absolute Gasteiger partial charge is 0.416 e. The van der Waals surface area contributed by atoms with E-state index in [0.717, 1.165) is 43.8 Å². The summed E-state index contributed by atoms with van der Waals surface area (Å²) >= 11 is 0. The zero-order chi connectivity index (χ0) is 34.9. The molecule has 2 aromatic heterocycles. The second kappa shape index (κ2) is 13.7. The number of alkyl halides is 3. The fourth-order valence-corrected chi connectivity index (χ4v) is 5.95. The van der Waals surface area contributed by atoms with Crippen LogP contribution in [0.25, 0.3) is 10.9 Å². The standard InChI is InChI=1S/C33H36F3N9O4/c1-18(20-12-21(33(34,35)36)14-22(37)13-20)38-31-25-15-28(27(48-3)16-26(25)39-19(2)40-31)49-24-6-9-44(10-7-24)17-23-4-5-29(43-42-23)45-11-8-30(46)41-32(45)47/h4-5,12-16,18,24H,6-11,17,37H2,1-3H3,(H,38,39,40)(H,41,46,47)/t18-/m1/s1. The number of carbonyl (C=O) groups is 2. The molecule has 49 heavy (non-hydrogen) atoms. The predicted molar refractivity (Wildman–Crippen MR) is 175 cm³/mol. The molecule has 3 amide bonds. The highest BCUT2D eigenvalue weighted by atomic mass is 19.4. The number of benzene rings is 2. The Hall–Kier alpha value is -5.25. The lowest BCUT2D eigenvalue weighted by Gasteiger charge is -2.32. The van der Waals surface area contributed by atoms with Crippen molar-refractivity contribution in [3.05, 3.63) is 65.1 Å². The van der Waals surface area contributed by atoms with Crippen molar-refractivity contribution in [1.29, 1.82) is 0 Å². The zero-order valence-electron chi connectivity index (χ0n) is 27.2. The summed E-state index contributed by atoms with van der Waals surface area (Å²) in [6.45, 7) is 5.79. The maximum absolute atomic E-state index is 13.5. The fraction of sp³-hybridized carbons (Fsp3) is 0.394. The van der Waals surface area contributed by atoms with Crippen LogP contribution in [0.2, 0.25) is 0 Å². The number of nitrogens with zero attached hydrogens (tertiary/aromatic N) is 6. The summed E-state index contributed by atoms with van der Waals surface area (Å²) in [6, 6.07) is 9.55. The number of anilines is 3. The molecule has 0 saturated carbocycles. The minimum absolute atomic E-state index is 0.0162. The van der Waals surface area contributed by atoms with Gasteiger partial charge >= 0.3 is 12.2 Å². The largest absolute Gasteiger partial charge is 0.493 e. The Labute approximate surface area is 280 Å². The molecule has 13 nitrogen and oxygen atoms in total. The van der Waals surface area contributed by atoms with Crippen LogP contribution in [0.1, 0.15) is 54.9 Å². The van der Waals surface area contributed by atoms with Gasteiger partial charge in [-0.25, -0.2) is 14.8 Å². The number of carbonyl (C=O) groups excluding carboxylic acids is 2. The van der Waals surface area contributed by atoms with E-state index in [1.54, 1.807) is 39.2 Å². The number of likely N-dealkylation sites (tertiary alicyclic amines) is 1. The molecule has 2 fully saturated rings. The van der Waals surface area contributed by atoms with Crippen LogP contribution in [-0.4, -0.2) is 69.9 Å². The van der Waals surface area contributed by atoms with Gasteiger partial charge in [0.1, 0.15) is 17.7 Å². The third kappa shape index (κ3) is 7.74. The Morgan fingerprint density at radius 2 is 1.82 bits per heavy atom. The molecule has 0 aliphatic carbocycles. The molecule has 4 heterocycles. The van der Waals surface area contributed by atoms with Gasteiger partial charge in [0, 0.05) is 49.7 Å². The summed E-state index contributed by atoms with van der Waals surface area (Å²) in [6.07, 6.45) is -2.96. The van der Waals surface area contributed by atoms with Crippen LogP contribution in [-0.2, 0) is 17.5 Å². The molecular weight excluding hydrogens is 643 g/mol. The number of amides is 3. The van der Waals surface area contributed by atoms with Gasteiger partial charge < -0.3 is 20.5 Å². The van der Waals surface area contributed by atoms with E-state index in [1.165, 1.54) is 11.0 Å². The number of hydrogen-bond donors (Lipinski definition) is 3. The van der Waals surface area contributed by atoms with Crippen molar-refractivity contribution in [2.75, 3.05) is 42.7 Å². The van der Waals surface area contributed by atoms with Gasteiger partial charge in [0.15, 0.2) is 17.3 Å². The van der Waals surface area contributed by atoms with E-state index in [0.29, 0.717) is 52.0 Å². The molecule has 2 aromatic carbocycles. The zero-order valence-corrected chi connectivity index (χ0v) is 27.2. The Bertz CT molecular complexity index is 1870. The molecule has 0 radical (unpaired) electrons. The van der Waals surface area contributed by atoms with E-state index in [1.807, 2.05) is 6.07 Å². The highest BCUT2D eigenvalue weighted by Crippen LogP contribution is 2.38. The van der Waals surface area contributed by atoms with Gasteiger partial charge in [-0.15, -0.1) is 5.10 Å². The van der Waals surface area contributed by atoms with Gasteiger partial charge in [-0.2, -0.15) is 18.3 Å². The monoisotopic (exact) mass is 679 g/mol. The highest BCUT2D eigenvalue weighted by Gasteiger charge is 2.32. The molecule has 1 atom stereocenters. The van der Waals surface area contributed by atoms with Crippen molar-refractivity contribution in [1.82, 2.24) is 30.4 Å². The van der Waals surface area contributed by atoms with E-state index >= 15 is 0 Å². The molecule has 0 unspecified atom stereocenters. The van der Waals surface area contributed by atoms with Crippen molar-refractivity contribution in [3.8, 4) is 11.5 Å². The number of rotatable bonds is 9. The molecule has 258 valence electrons. The molecule has 4 N–H and O–H groups in total. The lowest BCUT2D eigenvalue weighted by atomic mass is 10.0. The molecular formula is C33H36F3N9O4. The lowest BCUT2D eigenvalue weighted by Crippen LogP contribution is -2.50. The molecule has 4 aromatic rings. The van der Waals surface area contributed by atoms with E-state index in [4.69, 9.17) is 15.2 Å². The second-order valence-electron chi connectivity index (χ2n) is 12.1. The molecule has 0 spiro atoms. The number of imide groups is 1. The minimum Gasteiger partial charge on any atom is -0.493 e. The molecule has 0 bridgehead atoms. The number of urea groups is 1. The van der Waals surface area contributed by atoms with Crippen molar-refractivity contribution in [2.45, 2.75) is 58.0 Å². The van der Waals surface area contributed by atoms with Crippen LogP contribution in [0.3, 0.4) is 0 Å². The first-order valence-corrected chi connectivity index (χ1v) is 15.8. The van der Waals surface area contributed by atoms with Crippen LogP contribution >= 0.6 is 0 Å². The van der Waals surface area contributed by atoms with Crippen LogP contribution < -0.4 is 30.7 Å². The summed E-state index contributed by atoms with van der Waals surface area (Å²) < 4.78 is 52.5. The highest BCUT2D eigenvalue weighted by molar-refractivity contribution is 6.05. The lowest BCUT2D eigenvalue weighted by molar-refractivity contribution is -0.137. The third-order valence-electron chi connectivity index (χ3n) is 8.50. The number of nitrogen functional groups attached to an aromatic ring is 1. The normalized spacial score (nSPS) is 16.8. The van der Waals surface area contributed by atoms with Crippen molar-refractivity contribution in [2.24, 2.45) is 0 Å². The maximum atomic E-state index is 13.5. The van der Waals surface area contributed by atoms with Crippen molar-refractivity contribution in [3.63, 3.8) is 0 Å². The summed E-state index contributed by atoms with van der Waals surface area (Å²) in [5, 5.41) is 14.6. The second-order valence-corrected chi connectivity index (χ2v) is 12.1. The molecule has 2 saturated heterocycles. The van der Waals surface area contributed by atoms with Crippen LogP contribution in [0.5, 0.6) is 11.5 Å². The molecule has 2 aliphatic rings. The number of aryl methyl sites for hydroxylation is 1. The van der Waals surface area contributed by atoms with Gasteiger partial charge in [-0.05, 0) is 68.7 Å². The number of nitrogens with one attached hydrogen (secondary N) is 2. The van der Waals surface area contributed by atoms with E-state index < -0.39 is 23.8 Å². The fourth-order valence-electron chi connectivity index (χ4n) is 5.95. The first-order chi connectivity index (χ1) is 23.4. The number of piperidine rings is 1. The maximum Gasteiger partial charge on any atom is 0.416 e. The van der Waals surface area contributed by atoms with E-state index in [9.17, 15) is 22.8 Å². The Morgan fingerprint density at radius 3 is 2.49 bits per heavy atom.